The van der Waals surface area contributed by atoms with Crippen molar-refractivity contribution in [2.75, 3.05) is 17.0 Å². The lowest BCUT2D eigenvalue weighted by molar-refractivity contribution is -0.143. The first-order valence-corrected chi connectivity index (χ1v) is 12.3. The van der Waals surface area contributed by atoms with Crippen molar-refractivity contribution in [3.05, 3.63) is 48.0 Å². The number of rotatable bonds is 6. The van der Waals surface area contributed by atoms with E-state index in [1.165, 1.54) is 6.92 Å². The van der Waals surface area contributed by atoms with Gasteiger partial charge >= 0.3 is 0 Å². The summed E-state index contributed by atoms with van der Waals surface area (Å²) in [6.07, 6.45) is 4.58. The number of carbonyl (C=O) groups excluding carboxylic acids is 4. The monoisotopic (exact) mass is 491 g/mol. The van der Waals surface area contributed by atoms with E-state index in [1.807, 2.05) is 12.1 Å². The number of ether oxygens (including phenoxy) is 2. The van der Waals surface area contributed by atoms with E-state index in [-0.39, 0.29) is 43.4 Å². The number of amides is 4. The number of hydrogen-bond donors (Lipinski definition) is 1. The Kier molecular flexibility index (Phi) is 6.63. The summed E-state index contributed by atoms with van der Waals surface area (Å²) in [5.74, 6) is 0.0262. The van der Waals surface area contributed by atoms with E-state index >= 15 is 0 Å². The highest BCUT2D eigenvalue weighted by molar-refractivity contribution is 6.23. The third kappa shape index (κ3) is 4.78. The zero-order chi connectivity index (χ0) is 25.2. The van der Waals surface area contributed by atoms with Gasteiger partial charge in [-0.05, 0) is 54.8 Å². The second-order valence-electron chi connectivity index (χ2n) is 9.50. The first-order valence-electron chi connectivity index (χ1n) is 12.3. The predicted molar refractivity (Wildman–Crippen MR) is 131 cm³/mol. The maximum absolute atomic E-state index is 13.7. The molecule has 0 radical (unpaired) electrons. The molecule has 0 aromatic heterocycles. The van der Waals surface area contributed by atoms with Crippen molar-refractivity contribution in [1.29, 1.82) is 0 Å². The normalized spacial score (nSPS) is 19.5. The zero-order valence-corrected chi connectivity index (χ0v) is 20.2. The molecule has 5 rings (SSSR count). The lowest BCUT2D eigenvalue weighted by atomic mass is 9.87. The Balaban J connectivity index is 1.41. The van der Waals surface area contributed by atoms with Gasteiger partial charge in [-0.2, -0.15) is 0 Å². The molecule has 3 aliphatic rings. The van der Waals surface area contributed by atoms with Crippen LogP contribution in [0.4, 0.5) is 11.4 Å². The standard InChI is InChI=1S/C27H29N3O6/c1-17(31)28-20-8-10-21(11-9-20)30-25(32)14-22(27(30)34)29(26(33)19-5-3-2-4-6-19)15-18-7-12-23-24(13-18)36-16-35-23/h7-13,19,22H,2-6,14-16H2,1H3,(H,28,31). The number of nitrogens with one attached hydrogen (secondary N) is 1. The Morgan fingerprint density at radius 3 is 2.44 bits per heavy atom. The van der Waals surface area contributed by atoms with Gasteiger partial charge in [-0.3, -0.25) is 19.2 Å². The lowest BCUT2D eigenvalue weighted by Crippen LogP contribution is -2.47. The van der Waals surface area contributed by atoms with Gasteiger partial charge in [0, 0.05) is 25.1 Å². The molecule has 1 aliphatic carbocycles. The molecule has 1 saturated heterocycles. The molecule has 2 heterocycles. The zero-order valence-electron chi connectivity index (χ0n) is 20.2. The van der Waals surface area contributed by atoms with Crippen LogP contribution in [0.2, 0.25) is 0 Å². The number of benzene rings is 2. The first-order chi connectivity index (χ1) is 17.4. The van der Waals surface area contributed by atoms with Crippen LogP contribution in [0.25, 0.3) is 0 Å². The highest BCUT2D eigenvalue weighted by Gasteiger charge is 2.45. The van der Waals surface area contributed by atoms with E-state index in [1.54, 1.807) is 35.2 Å². The third-order valence-corrected chi connectivity index (χ3v) is 6.97. The second-order valence-corrected chi connectivity index (χ2v) is 9.50. The fourth-order valence-corrected chi connectivity index (χ4v) is 5.19. The largest absolute Gasteiger partial charge is 0.454 e. The van der Waals surface area contributed by atoms with E-state index in [9.17, 15) is 19.2 Å². The van der Waals surface area contributed by atoms with Gasteiger partial charge in [0.25, 0.3) is 5.91 Å². The molecule has 9 heteroatoms. The number of fused-ring (bicyclic) bond motifs is 1. The van der Waals surface area contributed by atoms with Crippen LogP contribution in [0.15, 0.2) is 42.5 Å². The number of nitrogens with zero attached hydrogens (tertiary/aromatic N) is 2. The van der Waals surface area contributed by atoms with Crippen LogP contribution in [0.3, 0.4) is 0 Å². The highest BCUT2D eigenvalue weighted by Crippen LogP contribution is 2.35. The van der Waals surface area contributed by atoms with Gasteiger partial charge in [0.2, 0.25) is 24.5 Å². The molecule has 188 valence electrons. The fraction of sp³-hybridized carbons (Fsp3) is 0.407. The molecule has 1 N–H and O–H groups in total. The summed E-state index contributed by atoms with van der Waals surface area (Å²) in [6.45, 7) is 1.75. The van der Waals surface area contributed by atoms with Gasteiger partial charge in [0.05, 0.1) is 12.1 Å². The average Bonchev–Trinajstić information content (AvgIpc) is 3.46. The van der Waals surface area contributed by atoms with E-state index in [0.717, 1.165) is 42.6 Å². The van der Waals surface area contributed by atoms with Crippen LogP contribution in [-0.2, 0) is 25.7 Å². The molecule has 36 heavy (non-hydrogen) atoms. The van der Waals surface area contributed by atoms with Gasteiger partial charge in [-0.15, -0.1) is 0 Å². The smallest absolute Gasteiger partial charge is 0.257 e. The fourth-order valence-electron chi connectivity index (χ4n) is 5.19. The van der Waals surface area contributed by atoms with Crippen molar-refractivity contribution in [1.82, 2.24) is 4.90 Å². The minimum Gasteiger partial charge on any atom is -0.454 e. The van der Waals surface area contributed by atoms with Crippen molar-refractivity contribution in [3.63, 3.8) is 0 Å². The van der Waals surface area contributed by atoms with Crippen molar-refractivity contribution in [2.45, 2.75) is 58.0 Å². The number of anilines is 2. The molecule has 2 aliphatic heterocycles. The SMILES string of the molecule is CC(=O)Nc1ccc(N2C(=O)CC(N(Cc3ccc4c(c3)OCO4)C(=O)C3CCCCC3)C2=O)cc1. The Morgan fingerprint density at radius 2 is 1.72 bits per heavy atom. The maximum atomic E-state index is 13.7. The minimum absolute atomic E-state index is 0.0741. The Morgan fingerprint density at radius 1 is 1.00 bits per heavy atom. The van der Waals surface area contributed by atoms with E-state index in [2.05, 4.69) is 5.32 Å². The molecule has 1 atom stereocenters. The maximum Gasteiger partial charge on any atom is 0.257 e. The Hall–Kier alpha value is -3.88. The molecule has 9 nitrogen and oxygen atoms in total. The Labute approximate surface area is 209 Å². The summed E-state index contributed by atoms with van der Waals surface area (Å²) in [4.78, 5) is 54.3. The van der Waals surface area contributed by atoms with E-state index in [0.29, 0.717) is 22.9 Å². The Bertz CT molecular complexity index is 1190. The molecule has 2 aromatic rings. The summed E-state index contributed by atoms with van der Waals surface area (Å²) < 4.78 is 10.9. The van der Waals surface area contributed by atoms with Crippen LogP contribution < -0.4 is 19.7 Å². The summed E-state index contributed by atoms with van der Waals surface area (Å²) in [5, 5.41) is 2.67. The third-order valence-electron chi connectivity index (χ3n) is 6.97. The number of hydrogen-bond acceptors (Lipinski definition) is 6. The van der Waals surface area contributed by atoms with Crippen molar-refractivity contribution in [3.8, 4) is 11.5 Å². The summed E-state index contributed by atoms with van der Waals surface area (Å²) in [5.41, 5.74) is 1.79. The topological polar surface area (TPSA) is 105 Å². The van der Waals surface area contributed by atoms with Gasteiger partial charge in [-0.1, -0.05) is 25.3 Å². The van der Waals surface area contributed by atoms with Crippen LogP contribution in [0.5, 0.6) is 11.5 Å². The average molecular weight is 492 g/mol. The quantitative estimate of drug-likeness (QED) is 0.619. The van der Waals surface area contributed by atoms with Crippen molar-refractivity contribution < 1.29 is 28.7 Å². The van der Waals surface area contributed by atoms with Gasteiger partial charge in [-0.25, -0.2) is 4.90 Å². The van der Waals surface area contributed by atoms with Gasteiger partial charge in [0.1, 0.15) is 6.04 Å². The van der Waals surface area contributed by atoms with E-state index < -0.39 is 11.9 Å². The van der Waals surface area contributed by atoms with Gasteiger partial charge in [0.15, 0.2) is 11.5 Å². The molecule has 0 spiro atoms. The molecular formula is C27H29N3O6. The minimum atomic E-state index is -0.882. The molecule has 0 bridgehead atoms. The predicted octanol–water partition coefficient (Wildman–Crippen LogP) is 3.61. The van der Waals surface area contributed by atoms with Gasteiger partial charge < -0.3 is 19.7 Å². The summed E-state index contributed by atoms with van der Waals surface area (Å²) in [7, 11) is 0. The summed E-state index contributed by atoms with van der Waals surface area (Å²) >= 11 is 0. The van der Waals surface area contributed by atoms with Crippen molar-refractivity contribution >= 4 is 35.0 Å². The highest BCUT2D eigenvalue weighted by atomic mass is 16.7. The van der Waals surface area contributed by atoms with Crippen LogP contribution in [0, 0.1) is 5.92 Å². The van der Waals surface area contributed by atoms with Crippen LogP contribution in [0.1, 0.15) is 51.0 Å². The second kappa shape index (κ2) is 10.0. The molecule has 2 aromatic carbocycles. The number of carbonyl (C=O) groups is 4. The van der Waals surface area contributed by atoms with Crippen LogP contribution in [-0.4, -0.2) is 41.4 Å². The molecule has 4 amide bonds. The molecule has 1 unspecified atom stereocenters. The molecule has 1 saturated carbocycles. The lowest BCUT2D eigenvalue weighted by Gasteiger charge is -2.32. The number of imide groups is 1. The molecule has 2 fully saturated rings. The van der Waals surface area contributed by atoms with Crippen molar-refractivity contribution in [2.24, 2.45) is 5.92 Å². The van der Waals surface area contributed by atoms with E-state index in [4.69, 9.17) is 9.47 Å². The summed E-state index contributed by atoms with van der Waals surface area (Å²) in [6, 6.07) is 11.1. The van der Waals surface area contributed by atoms with Crippen LogP contribution >= 0.6 is 0 Å². The first kappa shape index (κ1) is 23.8. The molecular weight excluding hydrogens is 462 g/mol.